The number of hydrogen-bond donors (Lipinski definition) is 1. The highest BCUT2D eigenvalue weighted by atomic mass is 15.5. The van der Waals surface area contributed by atoms with Gasteiger partial charge in [0.25, 0.3) is 0 Å². The molecule has 0 atom stereocenters. The number of hydrazine groups is 1. The maximum Gasteiger partial charge on any atom is 0.0314 e. The first-order valence-electron chi connectivity index (χ1n) is 14.5. The minimum atomic E-state index is 0.361. The topological polar surface area (TPSA) is 18.5 Å². The van der Waals surface area contributed by atoms with Crippen molar-refractivity contribution >= 4 is 0 Å². The number of rotatable bonds is 3. The quantitative estimate of drug-likeness (QED) is 0.412. The Morgan fingerprint density at radius 1 is 0.765 bits per heavy atom. The van der Waals surface area contributed by atoms with Gasteiger partial charge in [0.1, 0.15) is 0 Å². The van der Waals surface area contributed by atoms with E-state index in [0.717, 1.165) is 19.0 Å². The predicted octanol–water partition coefficient (Wildman–Crippen LogP) is 8.32. The molecular weight excluding hydrogens is 414 g/mol. The van der Waals surface area contributed by atoms with Gasteiger partial charge >= 0.3 is 0 Å². The van der Waals surface area contributed by atoms with E-state index in [-0.39, 0.29) is 0 Å². The van der Waals surface area contributed by atoms with Crippen LogP contribution in [0, 0.1) is 22.2 Å². The molecule has 1 N–H and O–H groups in total. The third kappa shape index (κ3) is 15.6. The maximum atomic E-state index is 3.16. The largest absolute Gasteiger partial charge is 0.303 e. The third-order valence-corrected chi connectivity index (χ3v) is 7.26. The first kappa shape index (κ1) is 31.6. The standard InChI is InChI=1S/C11H22.C10H20N2.C10H21N/c1-11(2,3)9-10-7-5-4-6-8-10;1-10(2,3)9-5-7-12(11-4)8-6-9;1-10(2,3)9-11-7-5-4-6-8-11/h10H,4-9H2,1-3H3;5,11H,6-8H2,1-4H3;4-9H2,1-3H3. The number of nitrogens with one attached hydrogen (secondary N) is 1. The second-order valence-corrected chi connectivity index (χ2v) is 14.6. The van der Waals surface area contributed by atoms with Crippen molar-refractivity contribution in [2.75, 3.05) is 39.8 Å². The van der Waals surface area contributed by atoms with Crippen molar-refractivity contribution in [3.05, 3.63) is 11.6 Å². The first-order chi connectivity index (χ1) is 15.7. The smallest absolute Gasteiger partial charge is 0.0314 e. The van der Waals surface area contributed by atoms with E-state index in [4.69, 9.17) is 0 Å². The lowest BCUT2D eigenvalue weighted by atomic mass is 9.78. The molecule has 0 unspecified atom stereocenters. The molecule has 0 aromatic heterocycles. The summed E-state index contributed by atoms with van der Waals surface area (Å²) in [5.74, 6) is 1.05. The summed E-state index contributed by atoms with van der Waals surface area (Å²) >= 11 is 0. The molecule has 3 rings (SSSR count). The second-order valence-electron chi connectivity index (χ2n) is 14.6. The lowest BCUT2D eigenvalue weighted by Gasteiger charge is -2.32. The third-order valence-electron chi connectivity index (χ3n) is 7.26. The van der Waals surface area contributed by atoms with Crippen molar-refractivity contribution in [2.45, 2.75) is 127 Å². The van der Waals surface area contributed by atoms with E-state index >= 15 is 0 Å². The van der Waals surface area contributed by atoms with Crippen LogP contribution in [0.3, 0.4) is 0 Å². The number of nitrogens with zero attached hydrogens (tertiary/aromatic N) is 2. The maximum absolute atomic E-state index is 3.16. The van der Waals surface area contributed by atoms with Gasteiger partial charge in [-0.15, -0.1) is 0 Å². The van der Waals surface area contributed by atoms with Crippen LogP contribution in [0.4, 0.5) is 0 Å². The summed E-state index contributed by atoms with van der Waals surface area (Å²) in [5.41, 5.74) is 6.16. The molecule has 0 aromatic carbocycles. The van der Waals surface area contributed by atoms with Crippen LogP contribution in [0.1, 0.15) is 127 Å². The van der Waals surface area contributed by atoms with E-state index in [1.165, 1.54) is 83.8 Å². The van der Waals surface area contributed by atoms with Gasteiger partial charge in [-0.2, -0.15) is 0 Å². The summed E-state index contributed by atoms with van der Waals surface area (Å²) in [4.78, 5) is 2.60. The summed E-state index contributed by atoms with van der Waals surface area (Å²) in [6.45, 7) is 27.0. The van der Waals surface area contributed by atoms with Crippen LogP contribution in [0.25, 0.3) is 0 Å². The lowest BCUT2D eigenvalue weighted by Crippen LogP contribution is -2.39. The zero-order valence-corrected chi connectivity index (χ0v) is 25.2. The first-order valence-corrected chi connectivity index (χ1v) is 14.5. The van der Waals surface area contributed by atoms with Crippen LogP contribution in [-0.2, 0) is 0 Å². The van der Waals surface area contributed by atoms with Crippen molar-refractivity contribution in [1.29, 1.82) is 0 Å². The van der Waals surface area contributed by atoms with Gasteiger partial charge < -0.3 is 4.90 Å². The zero-order chi connectivity index (χ0) is 25.8. The van der Waals surface area contributed by atoms with Crippen molar-refractivity contribution in [3.8, 4) is 0 Å². The van der Waals surface area contributed by atoms with E-state index in [0.29, 0.717) is 16.2 Å². The van der Waals surface area contributed by atoms with Gasteiger partial charge in [-0.3, -0.25) is 5.43 Å². The Kier molecular flexibility index (Phi) is 14.0. The molecule has 0 spiro atoms. The van der Waals surface area contributed by atoms with E-state index in [1.807, 2.05) is 7.05 Å². The molecule has 3 aliphatic rings. The Bertz CT molecular complexity index is 517. The van der Waals surface area contributed by atoms with Gasteiger partial charge in [0.15, 0.2) is 0 Å². The SMILES string of the molecule is CC(C)(C)CC1CCCCC1.CC(C)(C)CN1CCCCC1.CNN1CC=C(C(C)(C)C)CC1. The van der Waals surface area contributed by atoms with Crippen LogP contribution in [0.5, 0.6) is 0 Å². The summed E-state index contributed by atoms with van der Waals surface area (Å²) in [6, 6.07) is 0. The van der Waals surface area contributed by atoms with Crippen LogP contribution >= 0.6 is 0 Å². The van der Waals surface area contributed by atoms with Crippen molar-refractivity contribution < 1.29 is 0 Å². The number of hydrogen-bond acceptors (Lipinski definition) is 3. The molecule has 2 fully saturated rings. The minimum Gasteiger partial charge on any atom is -0.303 e. The van der Waals surface area contributed by atoms with Crippen molar-refractivity contribution in [2.24, 2.45) is 22.2 Å². The highest BCUT2D eigenvalue weighted by Crippen LogP contribution is 2.33. The molecule has 0 aromatic rings. The van der Waals surface area contributed by atoms with E-state index in [9.17, 15) is 0 Å². The monoisotopic (exact) mass is 478 g/mol. The Morgan fingerprint density at radius 2 is 1.32 bits per heavy atom. The van der Waals surface area contributed by atoms with Gasteiger partial charge in [-0.1, -0.05) is 112 Å². The van der Waals surface area contributed by atoms with Gasteiger partial charge in [0.2, 0.25) is 0 Å². The predicted molar refractivity (Wildman–Crippen MR) is 153 cm³/mol. The molecule has 2 heterocycles. The number of likely N-dealkylation sites (tertiary alicyclic amines) is 1. The lowest BCUT2D eigenvalue weighted by molar-refractivity contribution is 0.164. The fourth-order valence-corrected chi connectivity index (χ4v) is 5.60. The van der Waals surface area contributed by atoms with Gasteiger partial charge in [0, 0.05) is 19.6 Å². The zero-order valence-electron chi connectivity index (χ0n) is 25.2. The highest BCUT2D eigenvalue weighted by Gasteiger charge is 2.21. The molecule has 0 radical (unpaired) electrons. The van der Waals surface area contributed by atoms with Crippen molar-refractivity contribution in [1.82, 2.24) is 15.3 Å². The minimum absolute atomic E-state index is 0.361. The fourth-order valence-electron chi connectivity index (χ4n) is 5.60. The van der Waals surface area contributed by atoms with Crippen LogP contribution in [0.15, 0.2) is 11.6 Å². The Labute approximate surface area is 215 Å². The fraction of sp³-hybridized carbons (Fsp3) is 0.935. The number of piperidine rings is 1. The molecule has 0 amide bonds. The molecule has 0 bridgehead atoms. The Balaban J connectivity index is 0.000000255. The van der Waals surface area contributed by atoms with Gasteiger partial charge in [-0.25, -0.2) is 5.01 Å². The summed E-state index contributed by atoms with van der Waals surface area (Å²) < 4.78 is 0. The second kappa shape index (κ2) is 15.0. The summed E-state index contributed by atoms with van der Waals surface area (Å²) in [7, 11) is 1.98. The molecule has 1 aliphatic carbocycles. The highest BCUT2D eigenvalue weighted by molar-refractivity contribution is 5.14. The molecule has 2 aliphatic heterocycles. The normalized spacial score (nSPS) is 21.6. The average Bonchev–Trinajstić information content (AvgIpc) is 2.73. The molecule has 1 saturated carbocycles. The van der Waals surface area contributed by atoms with Crippen molar-refractivity contribution in [3.63, 3.8) is 0 Å². The molecule has 3 nitrogen and oxygen atoms in total. The van der Waals surface area contributed by atoms with Crippen LogP contribution in [0.2, 0.25) is 0 Å². The molecular formula is C31H63N3. The van der Waals surface area contributed by atoms with E-state index in [2.05, 4.69) is 83.7 Å². The molecule has 202 valence electrons. The summed E-state index contributed by atoms with van der Waals surface area (Å²) in [6.07, 6.45) is 16.7. The Morgan fingerprint density at radius 3 is 1.74 bits per heavy atom. The Hall–Kier alpha value is -0.380. The van der Waals surface area contributed by atoms with E-state index < -0.39 is 0 Å². The molecule has 1 saturated heterocycles. The average molecular weight is 478 g/mol. The van der Waals surface area contributed by atoms with E-state index in [1.54, 1.807) is 5.57 Å². The van der Waals surface area contributed by atoms with Crippen LogP contribution in [-0.4, -0.2) is 49.7 Å². The van der Waals surface area contributed by atoms with Gasteiger partial charge in [0.05, 0.1) is 0 Å². The van der Waals surface area contributed by atoms with Crippen LogP contribution < -0.4 is 5.43 Å². The van der Waals surface area contributed by atoms with Gasteiger partial charge in [-0.05, 0) is 68.0 Å². The molecule has 3 heteroatoms. The molecule has 34 heavy (non-hydrogen) atoms. The summed E-state index contributed by atoms with van der Waals surface area (Å²) in [5, 5.41) is 2.23.